The van der Waals surface area contributed by atoms with Gasteiger partial charge in [0.25, 0.3) is 0 Å². The van der Waals surface area contributed by atoms with Crippen LogP contribution >= 0.6 is 35.0 Å². The number of carbonyl (C=O) groups excluding carboxylic acids is 2. The number of nitrogens with zero attached hydrogens (tertiary/aromatic N) is 1. The van der Waals surface area contributed by atoms with Gasteiger partial charge in [-0.15, -0.1) is 11.8 Å². The second-order valence-corrected chi connectivity index (χ2v) is 10.4. The first-order chi connectivity index (χ1) is 14.5. The maximum atomic E-state index is 13.2. The number of nitrogens with one attached hydrogen (secondary N) is 1. The molecule has 0 fully saturated rings. The first-order valence-electron chi connectivity index (χ1n) is 10.2. The predicted octanol–water partition coefficient (Wildman–Crippen LogP) is 5.87. The van der Waals surface area contributed by atoms with Crippen molar-refractivity contribution < 1.29 is 9.59 Å². The number of hydrogen-bond donors (Lipinski definition) is 1. The molecule has 0 aliphatic heterocycles. The van der Waals surface area contributed by atoms with Gasteiger partial charge in [-0.3, -0.25) is 9.59 Å². The van der Waals surface area contributed by atoms with Gasteiger partial charge in [-0.05, 0) is 63.4 Å². The van der Waals surface area contributed by atoms with Crippen molar-refractivity contribution in [1.82, 2.24) is 10.2 Å². The minimum Gasteiger partial charge on any atom is -0.350 e. The molecule has 4 nitrogen and oxygen atoms in total. The van der Waals surface area contributed by atoms with Crippen molar-refractivity contribution in [3.8, 4) is 0 Å². The molecule has 168 valence electrons. The Kier molecular flexibility index (Phi) is 9.28. The summed E-state index contributed by atoms with van der Waals surface area (Å²) in [4.78, 5) is 27.6. The van der Waals surface area contributed by atoms with E-state index in [9.17, 15) is 9.59 Å². The average Bonchev–Trinajstić information content (AvgIpc) is 2.68. The Morgan fingerprint density at radius 1 is 1.10 bits per heavy atom. The van der Waals surface area contributed by atoms with Gasteiger partial charge in [0.1, 0.15) is 6.04 Å². The van der Waals surface area contributed by atoms with Crippen molar-refractivity contribution in [3.05, 3.63) is 69.2 Å². The third-order valence-corrected chi connectivity index (χ3v) is 6.45. The zero-order valence-corrected chi connectivity index (χ0v) is 21.0. The van der Waals surface area contributed by atoms with Gasteiger partial charge >= 0.3 is 0 Å². The van der Waals surface area contributed by atoms with Crippen molar-refractivity contribution in [3.63, 3.8) is 0 Å². The molecule has 0 aliphatic rings. The molecule has 1 N–H and O–H groups in total. The molecule has 0 heterocycles. The molecular weight excluding hydrogens is 451 g/mol. The first-order valence-corrected chi connectivity index (χ1v) is 12.1. The van der Waals surface area contributed by atoms with Gasteiger partial charge in [0.15, 0.2) is 0 Å². The lowest BCUT2D eigenvalue weighted by Crippen LogP contribution is -2.52. The highest BCUT2D eigenvalue weighted by atomic mass is 35.5. The second kappa shape index (κ2) is 11.3. The topological polar surface area (TPSA) is 49.4 Å². The Bertz CT molecular complexity index is 928. The molecule has 0 aromatic heterocycles. The molecule has 31 heavy (non-hydrogen) atoms. The van der Waals surface area contributed by atoms with E-state index in [1.807, 2.05) is 39.0 Å². The minimum absolute atomic E-state index is 0.0961. The Hall–Kier alpha value is -1.69. The van der Waals surface area contributed by atoms with Crippen molar-refractivity contribution in [1.29, 1.82) is 0 Å². The normalized spacial score (nSPS) is 12.4. The quantitative estimate of drug-likeness (QED) is 0.513. The molecule has 0 unspecified atom stereocenters. The molecule has 0 saturated carbocycles. The summed E-state index contributed by atoms with van der Waals surface area (Å²) in [7, 11) is 0. The molecule has 1 atom stereocenters. The number of amides is 2. The number of hydrogen-bond acceptors (Lipinski definition) is 3. The molecule has 2 aromatic rings. The fourth-order valence-corrected chi connectivity index (χ4v) is 4.30. The van der Waals surface area contributed by atoms with Crippen LogP contribution < -0.4 is 5.32 Å². The molecule has 0 bridgehead atoms. The van der Waals surface area contributed by atoms with E-state index >= 15 is 0 Å². The molecule has 0 spiro atoms. The number of aryl methyl sites for hydroxylation is 1. The molecule has 0 radical (unpaired) electrons. The van der Waals surface area contributed by atoms with Crippen LogP contribution in [-0.2, 0) is 21.9 Å². The summed E-state index contributed by atoms with van der Waals surface area (Å²) in [5, 5.41) is 3.84. The van der Waals surface area contributed by atoms with E-state index in [1.54, 1.807) is 35.7 Å². The third kappa shape index (κ3) is 8.06. The van der Waals surface area contributed by atoms with Crippen molar-refractivity contribution in [2.45, 2.75) is 58.5 Å². The number of carbonyl (C=O) groups is 2. The standard InChI is InChI=1S/C24H30Cl2N2O2S/c1-16-8-6-7-9-19(16)14-31-15-22(29)28(17(2)23(30)27-24(3,4)5)13-18-10-11-20(25)21(26)12-18/h6-12,17H,13-15H2,1-5H3,(H,27,30)/t17-/m0/s1. The molecular formula is C24H30Cl2N2O2S. The van der Waals surface area contributed by atoms with Crippen molar-refractivity contribution in [2.75, 3.05) is 5.75 Å². The smallest absolute Gasteiger partial charge is 0.242 e. The van der Waals surface area contributed by atoms with Gasteiger partial charge in [-0.25, -0.2) is 0 Å². The number of benzene rings is 2. The van der Waals surface area contributed by atoms with Crippen LogP contribution in [0.1, 0.15) is 44.4 Å². The van der Waals surface area contributed by atoms with Gasteiger partial charge in [0, 0.05) is 17.8 Å². The molecule has 0 aliphatic carbocycles. The Morgan fingerprint density at radius 2 is 1.77 bits per heavy atom. The molecule has 0 saturated heterocycles. The lowest BCUT2D eigenvalue weighted by Gasteiger charge is -2.31. The minimum atomic E-state index is -0.625. The van der Waals surface area contributed by atoms with E-state index in [-0.39, 0.29) is 29.7 Å². The number of halogens is 2. The van der Waals surface area contributed by atoms with Crippen LogP contribution in [0.3, 0.4) is 0 Å². The predicted molar refractivity (Wildman–Crippen MR) is 132 cm³/mol. The van der Waals surface area contributed by atoms with Crippen molar-refractivity contribution in [2.24, 2.45) is 0 Å². The first kappa shape index (κ1) is 25.6. The summed E-state index contributed by atoms with van der Waals surface area (Å²) in [6.07, 6.45) is 0. The van der Waals surface area contributed by atoms with E-state index in [2.05, 4.69) is 24.4 Å². The van der Waals surface area contributed by atoms with E-state index in [4.69, 9.17) is 23.2 Å². The highest BCUT2D eigenvalue weighted by Gasteiger charge is 2.28. The Balaban J connectivity index is 2.14. The van der Waals surface area contributed by atoms with Gasteiger partial charge in [-0.1, -0.05) is 53.5 Å². The summed E-state index contributed by atoms with van der Waals surface area (Å²) in [6, 6.07) is 12.8. The summed E-state index contributed by atoms with van der Waals surface area (Å²) < 4.78 is 0. The fraction of sp³-hybridized carbons (Fsp3) is 0.417. The monoisotopic (exact) mass is 480 g/mol. The molecule has 7 heteroatoms. The van der Waals surface area contributed by atoms with Crippen LogP contribution in [-0.4, -0.2) is 34.0 Å². The van der Waals surface area contributed by atoms with E-state index in [0.29, 0.717) is 10.0 Å². The molecule has 2 aromatic carbocycles. The zero-order valence-electron chi connectivity index (χ0n) is 18.7. The molecule has 2 rings (SSSR count). The third-order valence-electron chi connectivity index (χ3n) is 4.75. The average molecular weight is 481 g/mol. The summed E-state index contributed by atoms with van der Waals surface area (Å²) in [5.74, 6) is 0.732. The van der Waals surface area contributed by atoms with Crippen LogP contribution in [0.5, 0.6) is 0 Å². The maximum absolute atomic E-state index is 13.2. The second-order valence-electron chi connectivity index (χ2n) is 8.60. The van der Waals surface area contributed by atoms with Crippen LogP contribution in [0.4, 0.5) is 0 Å². The summed E-state index contributed by atoms with van der Waals surface area (Å²) >= 11 is 13.7. The summed E-state index contributed by atoms with van der Waals surface area (Å²) in [5.41, 5.74) is 2.84. The van der Waals surface area contributed by atoms with Gasteiger partial charge in [0.05, 0.1) is 15.8 Å². The number of rotatable bonds is 8. The SMILES string of the molecule is Cc1ccccc1CSCC(=O)N(Cc1ccc(Cl)c(Cl)c1)[C@@H](C)C(=O)NC(C)(C)C. The zero-order chi connectivity index (χ0) is 23.2. The largest absolute Gasteiger partial charge is 0.350 e. The van der Waals surface area contributed by atoms with Gasteiger partial charge in [-0.2, -0.15) is 0 Å². The van der Waals surface area contributed by atoms with Crippen LogP contribution in [0.25, 0.3) is 0 Å². The van der Waals surface area contributed by atoms with E-state index < -0.39 is 6.04 Å². The fourth-order valence-electron chi connectivity index (χ4n) is 2.99. The van der Waals surface area contributed by atoms with Gasteiger partial charge < -0.3 is 10.2 Å². The highest BCUT2D eigenvalue weighted by molar-refractivity contribution is 7.99. The lowest BCUT2D eigenvalue weighted by molar-refractivity contribution is -0.139. The van der Waals surface area contributed by atoms with Crippen LogP contribution in [0.15, 0.2) is 42.5 Å². The highest BCUT2D eigenvalue weighted by Crippen LogP contribution is 2.24. The maximum Gasteiger partial charge on any atom is 0.242 e. The van der Waals surface area contributed by atoms with Crippen LogP contribution in [0.2, 0.25) is 10.0 Å². The Labute approximate surface area is 199 Å². The molecule has 2 amide bonds. The van der Waals surface area contributed by atoms with Crippen molar-refractivity contribution >= 4 is 46.8 Å². The Morgan fingerprint density at radius 3 is 2.39 bits per heavy atom. The van der Waals surface area contributed by atoms with Crippen LogP contribution in [0, 0.1) is 6.92 Å². The van der Waals surface area contributed by atoms with Gasteiger partial charge in [0.2, 0.25) is 11.8 Å². The van der Waals surface area contributed by atoms with E-state index in [0.717, 1.165) is 11.3 Å². The van der Waals surface area contributed by atoms with E-state index in [1.165, 1.54) is 11.1 Å². The summed E-state index contributed by atoms with van der Waals surface area (Å²) in [6.45, 7) is 9.84. The number of thioether (sulfide) groups is 1. The lowest BCUT2D eigenvalue weighted by atomic mass is 10.1.